The van der Waals surface area contributed by atoms with Crippen molar-refractivity contribution in [1.82, 2.24) is 14.9 Å². The fourth-order valence-corrected chi connectivity index (χ4v) is 6.17. The van der Waals surface area contributed by atoms with Crippen LogP contribution in [0.15, 0.2) is 42.9 Å². The van der Waals surface area contributed by atoms with Crippen LogP contribution in [0.5, 0.6) is 0 Å². The minimum Gasteiger partial charge on any atom is -0.393 e. The number of rotatable bonds is 6. The van der Waals surface area contributed by atoms with Gasteiger partial charge in [0.2, 0.25) is 5.91 Å². The van der Waals surface area contributed by atoms with Crippen LogP contribution in [-0.2, 0) is 9.59 Å². The van der Waals surface area contributed by atoms with Crippen molar-refractivity contribution in [2.45, 2.75) is 82.9 Å². The predicted octanol–water partition coefficient (Wildman–Crippen LogP) is 4.55. The van der Waals surface area contributed by atoms with Gasteiger partial charge in [-0.2, -0.15) is 0 Å². The number of carbonyl (C=O) groups is 2. The third-order valence-corrected chi connectivity index (χ3v) is 8.20. The third-order valence-electron chi connectivity index (χ3n) is 8.20. The summed E-state index contributed by atoms with van der Waals surface area (Å²) >= 11 is 0. The lowest BCUT2D eigenvalue weighted by Crippen LogP contribution is -2.42. The lowest BCUT2D eigenvalue weighted by atomic mass is 9.77. The maximum absolute atomic E-state index is 13.4. The number of amides is 1. The van der Waals surface area contributed by atoms with Crippen molar-refractivity contribution >= 4 is 22.8 Å². The maximum Gasteiger partial charge on any atom is 0.223 e. The SMILES string of the molecule is CC1=C(c2ccccc2)C(CC(=O)[C@H]2CC[C@H](C(=O)N[C@H]3CC[C@H](O)CC3)CC2)n2cncc21. The summed E-state index contributed by atoms with van der Waals surface area (Å²) in [5, 5.41) is 12.9. The number of nitrogens with one attached hydrogen (secondary N) is 1. The number of carbonyl (C=O) groups excluding carboxylic acids is 2. The van der Waals surface area contributed by atoms with Gasteiger partial charge in [0.15, 0.2) is 0 Å². The van der Waals surface area contributed by atoms with Crippen molar-refractivity contribution in [3.05, 3.63) is 54.1 Å². The first-order chi connectivity index (χ1) is 16.5. The highest BCUT2D eigenvalue weighted by Gasteiger charge is 2.36. The quantitative estimate of drug-likeness (QED) is 0.661. The number of fused-ring (bicyclic) bond motifs is 1. The van der Waals surface area contributed by atoms with Gasteiger partial charge in [0.1, 0.15) is 5.78 Å². The number of hydrogen-bond acceptors (Lipinski definition) is 4. The van der Waals surface area contributed by atoms with Gasteiger partial charge in [0.25, 0.3) is 0 Å². The van der Waals surface area contributed by atoms with E-state index < -0.39 is 0 Å². The Morgan fingerprint density at radius 3 is 2.38 bits per heavy atom. The predicted molar refractivity (Wildman–Crippen MR) is 132 cm³/mol. The van der Waals surface area contributed by atoms with Crippen LogP contribution in [0.3, 0.4) is 0 Å². The molecular formula is C28H35N3O3. The molecule has 0 radical (unpaired) electrons. The largest absolute Gasteiger partial charge is 0.393 e. The zero-order valence-electron chi connectivity index (χ0n) is 20.0. The molecule has 1 aromatic heterocycles. The van der Waals surface area contributed by atoms with Crippen LogP contribution in [0.4, 0.5) is 0 Å². The first-order valence-corrected chi connectivity index (χ1v) is 12.8. The van der Waals surface area contributed by atoms with E-state index in [1.54, 1.807) is 0 Å². The Bertz CT molecular complexity index is 1060. The van der Waals surface area contributed by atoms with E-state index in [1.807, 2.05) is 30.7 Å². The molecule has 0 bridgehead atoms. The summed E-state index contributed by atoms with van der Waals surface area (Å²) in [7, 11) is 0. The molecule has 1 unspecified atom stereocenters. The number of nitrogens with zero attached hydrogens (tertiary/aromatic N) is 2. The summed E-state index contributed by atoms with van der Waals surface area (Å²) in [4.78, 5) is 30.5. The standard InChI is InChI=1S/C28H35N3O3/c1-18-25-16-29-17-31(25)24(27(18)20-5-3-2-4-6-20)15-26(33)19-7-9-21(10-8-19)28(34)30-22-11-13-23(32)14-12-22/h2-6,16-17,19,21-24,32H,7-15H2,1H3,(H,30,34)/t19-,21-,22-,23-,24?. The summed E-state index contributed by atoms with van der Waals surface area (Å²) in [6.45, 7) is 2.12. The zero-order valence-corrected chi connectivity index (χ0v) is 20.0. The summed E-state index contributed by atoms with van der Waals surface area (Å²) < 4.78 is 2.15. The number of imidazole rings is 1. The Morgan fingerprint density at radius 2 is 1.68 bits per heavy atom. The molecule has 2 N–H and O–H groups in total. The van der Waals surface area contributed by atoms with Gasteiger partial charge in [0.05, 0.1) is 30.4 Å². The van der Waals surface area contributed by atoms with E-state index in [1.165, 1.54) is 11.1 Å². The minimum absolute atomic E-state index is 0.00431. The van der Waals surface area contributed by atoms with E-state index in [2.05, 4.69) is 33.9 Å². The first kappa shape index (κ1) is 23.0. The van der Waals surface area contributed by atoms with Crippen molar-refractivity contribution in [3.8, 4) is 0 Å². The number of allylic oxidation sites excluding steroid dienone is 2. The van der Waals surface area contributed by atoms with Crippen LogP contribution in [0.2, 0.25) is 0 Å². The fourth-order valence-electron chi connectivity index (χ4n) is 6.17. The molecule has 3 aliphatic rings. The molecule has 2 saturated carbocycles. The molecule has 5 rings (SSSR count). The molecule has 6 nitrogen and oxygen atoms in total. The average molecular weight is 462 g/mol. The second kappa shape index (κ2) is 9.87. The lowest BCUT2D eigenvalue weighted by molar-refractivity contribution is -0.130. The van der Waals surface area contributed by atoms with E-state index in [-0.39, 0.29) is 35.9 Å². The molecule has 34 heavy (non-hydrogen) atoms. The van der Waals surface area contributed by atoms with Crippen LogP contribution >= 0.6 is 0 Å². The Labute approximate surface area is 201 Å². The Hall–Kier alpha value is -2.73. The highest BCUT2D eigenvalue weighted by molar-refractivity contribution is 5.96. The van der Waals surface area contributed by atoms with Gasteiger partial charge in [-0.3, -0.25) is 9.59 Å². The van der Waals surface area contributed by atoms with Crippen LogP contribution in [0.25, 0.3) is 11.1 Å². The summed E-state index contributed by atoms with van der Waals surface area (Å²) in [6.07, 6.45) is 10.4. The third kappa shape index (κ3) is 4.61. The number of ketones is 1. The normalized spacial score (nSPS) is 29.1. The summed E-state index contributed by atoms with van der Waals surface area (Å²) in [6, 6.07) is 10.5. The fraction of sp³-hybridized carbons (Fsp3) is 0.536. The monoisotopic (exact) mass is 461 g/mol. The Kier molecular flexibility index (Phi) is 6.68. The number of hydrogen-bond donors (Lipinski definition) is 2. The highest BCUT2D eigenvalue weighted by atomic mass is 16.3. The molecule has 0 saturated heterocycles. The summed E-state index contributed by atoms with van der Waals surface area (Å²) in [5.74, 6) is 0.465. The van der Waals surface area contributed by atoms with Crippen molar-refractivity contribution < 1.29 is 14.7 Å². The van der Waals surface area contributed by atoms with E-state index in [4.69, 9.17) is 0 Å². The van der Waals surface area contributed by atoms with Crippen molar-refractivity contribution in [1.29, 1.82) is 0 Å². The van der Waals surface area contributed by atoms with Crippen molar-refractivity contribution in [2.75, 3.05) is 0 Å². The molecule has 2 aliphatic carbocycles. The number of aliphatic hydroxyl groups excluding tert-OH is 1. The smallest absolute Gasteiger partial charge is 0.223 e. The van der Waals surface area contributed by atoms with Crippen molar-refractivity contribution in [3.63, 3.8) is 0 Å². The van der Waals surface area contributed by atoms with Crippen LogP contribution in [0.1, 0.15) is 82.0 Å². The second-order valence-electron chi connectivity index (χ2n) is 10.3. The molecule has 180 valence electrons. The molecule has 6 heteroatoms. The molecule has 1 aliphatic heterocycles. The second-order valence-corrected chi connectivity index (χ2v) is 10.3. The lowest BCUT2D eigenvalue weighted by Gasteiger charge is -2.31. The van der Waals surface area contributed by atoms with Gasteiger partial charge in [-0.1, -0.05) is 30.3 Å². The number of aliphatic hydroxyl groups is 1. The molecular weight excluding hydrogens is 426 g/mol. The van der Waals surface area contributed by atoms with E-state index in [9.17, 15) is 14.7 Å². The number of Topliss-reactive ketones (excluding diaryl/α,β-unsaturated/α-hetero) is 1. The van der Waals surface area contributed by atoms with Crippen LogP contribution < -0.4 is 5.32 Å². The zero-order chi connectivity index (χ0) is 23.7. The van der Waals surface area contributed by atoms with Gasteiger partial charge in [0, 0.05) is 24.3 Å². The number of aromatic nitrogens is 2. The maximum atomic E-state index is 13.4. The van der Waals surface area contributed by atoms with E-state index in [0.717, 1.165) is 62.6 Å². The van der Waals surface area contributed by atoms with Gasteiger partial charge < -0.3 is 15.0 Å². The van der Waals surface area contributed by atoms with E-state index >= 15 is 0 Å². The molecule has 2 aromatic rings. The molecule has 0 spiro atoms. The minimum atomic E-state index is -0.214. The topological polar surface area (TPSA) is 84.2 Å². The van der Waals surface area contributed by atoms with Gasteiger partial charge >= 0.3 is 0 Å². The van der Waals surface area contributed by atoms with Gasteiger partial charge in [-0.15, -0.1) is 0 Å². The van der Waals surface area contributed by atoms with Crippen LogP contribution in [-0.4, -0.2) is 38.5 Å². The van der Waals surface area contributed by atoms with Crippen molar-refractivity contribution in [2.24, 2.45) is 11.8 Å². The number of benzene rings is 1. The molecule has 2 heterocycles. The Morgan fingerprint density at radius 1 is 1.00 bits per heavy atom. The van der Waals surface area contributed by atoms with Gasteiger partial charge in [-0.05, 0) is 75.0 Å². The molecule has 2 fully saturated rings. The first-order valence-electron chi connectivity index (χ1n) is 12.8. The van der Waals surface area contributed by atoms with Gasteiger partial charge in [-0.25, -0.2) is 4.98 Å². The molecule has 1 amide bonds. The summed E-state index contributed by atoms with van der Waals surface area (Å²) in [5.41, 5.74) is 4.67. The molecule has 1 aromatic carbocycles. The average Bonchev–Trinajstić information content (AvgIpc) is 3.44. The highest BCUT2D eigenvalue weighted by Crippen LogP contribution is 2.44. The van der Waals surface area contributed by atoms with Crippen LogP contribution in [0, 0.1) is 11.8 Å². The molecule has 1 atom stereocenters. The Balaban J connectivity index is 1.20. The van der Waals surface area contributed by atoms with E-state index in [0.29, 0.717) is 12.2 Å².